The van der Waals surface area contributed by atoms with E-state index in [2.05, 4.69) is 0 Å². The molecular formula is C9H13NOS. The van der Waals surface area contributed by atoms with Crippen molar-refractivity contribution in [1.82, 2.24) is 0 Å². The summed E-state index contributed by atoms with van der Waals surface area (Å²) in [5.74, 6) is 1.74. The molecule has 2 nitrogen and oxygen atoms in total. The molecule has 1 aromatic carbocycles. The molecule has 0 atom stereocenters. The molecule has 3 N–H and O–H groups in total. The highest BCUT2D eigenvalue weighted by atomic mass is 32.2. The number of hydrogen-bond donors (Lipinski definition) is 2. The van der Waals surface area contributed by atoms with E-state index < -0.39 is 0 Å². The Morgan fingerprint density at radius 1 is 1.25 bits per heavy atom. The van der Waals surface area contributed by atoms with Gasteiger partial charge in [-0.05, 0) is 17.7 Å². The van der Waals surface area contributed by atoms with Crippen LogP contribution in [-0.2, 0) is 5.75 Å². The maximum absolute atomic E-state index is 8.55. The van der Waals surface area contributed by atoms with Crippen LogP contribution in [0.4, 0.5) is 5.69 Å². The molecular weight excluding hydrogens is 170 g/mol. The zero-order chi connectivity index (χ0) is 8.81. The molecule has 0 amide bonds. The zero-order valence-corrected chi connectivity index (χ0v) is 7.68. The maximum Gasteiger partial charge on any atom is 0.0521 e. The average Bonchev–Trinajstić information content (AvgIpc) is 2.09. The molecule has 0 radical (unpaired) electrons. The van der Waals surface area contributed by atoms with E-state index in [1.54, 1.807) is 11.8 Å². The van der Waals surface area contributed by atoms with Crippen LogP contribution in [0.5, 0.6) is 0 Å². The van der Waals surface area contributed by atoms with Crippen molar-refractivity contribution < 1.29 is 5.11 Å². The molecule has 0 aliphatic rings. The lowest BCUT2D eigenvalue weighted by Crippen LogP contribution is -1.89. The van der Waals surface area contributed by atoms with Gasteiger partial charge in [0, 0.05) is 17.2 Å². The summed E-state index contributed by atoms with van der Waals surface area (Å²) >= 11 is 1.72. The first-order valence-corrected chi connectivity index (χ1v) is 5.01. The lowest BCUT2D eigenvalue weighted by atomic mass is 10.2. The molecule has 0 saturated heterocycles. The number of aliphatic hydroxyl groups is 1. The number of nitrogen functional groups attached to an aromatic ring is 1. The molecule has 1 aromatic rings. The highest BCUT2D eigenvalue weighted by Crippen LogP contribution is 2.12. The summed E-state index contributed by atoms with van der Waals surface area (Å²) in [5.41, 5.74) is 7.58. The molecule has 0 fully saturated rings. The second-order valence-electron chi connectivity index (χ2n) is 2.52. The minimum Gasteiger partial charge on any atom is -0.399 e. The van der Waals surface area contributed by atoms with E-state index in [1.165, 1.54) is 5.56 Å². The summed E-state index contributed by atoms with van der Waals surface area (Å²) < 4.78 is 0. The Labute approximate surface area is 76.8 Å². The van der Waals surface area contributed by atoms with Crippen LogP contribution >= 0.6 is 11.8 Å². The Balaban J connectivity index is 2.37. The van der Waals surface area contributed by atoms with Crippen molar-refractivity contribution in [2.45, 2.75) is 5.75 Å². The van der Waals surface area contributed by atoms with Crippen molar-refractivity contribution in [1.29, 1.82) is 0 Å². The topological polar surface area (TPSA) is 46.2 Å². The van der Waals surface area contributed by atoms with E-state index >= 15 is 0 Å². The number of hydrogen-bond acceptors (Lipinski definition) is 3. The van der Waals surface area contributed by atoms with Crippen LogP contribution in [-0.4, -0.2) is 17.5 Å². The molecule has 0 heterocycles. The van der Waals surface area contributed by atoms with Gasteiger partial charge in [-0.1, -0.05) is 12.1 Å². The van der Waals surface area contributed by atoms with Gasteiger partial charge in [0.25, 0.3) is 0 Å². The monoisotopic (exact) mass is 183 g/mol. The molecule has 0 unspecified atom stereocenters. The largest absolute Gasteiger partial charge is 0.399 e. The third kappa shape index (κ3) is 3.15. The van der Waals surface area contributed by atoms with E-state index in [1.807, 2.05) is 24.3 Å². The number of rotatable bonds is 4. The van der Waals surface area contributed by atoms with Crippen molar-refractivity contribution in [2.24, 2.45) is 0 Å². The molecule has 12 heavy (non-hydrogen) atoms. The van der Waals surface area contributed by atoms with Crippen LogP contribution in [0, 0.1) is 0 Å². The van der Waals surface area contributed by atoms with Gasteiger partial charge in [-0.2, -0.15) is 11.8 Å². The van der Waals surface area contributed by atoms with Gasteiger partial charge >= 0.3 is 0 Å². The third-order valence-corrected chi connectivity index (χ3v) is 2.49. The first kappa shape index (κ1) is 9.42. The van der Waals surface area contributed by atoms with Crippen LogP contribution in [0.1, 0.15) is 5.56 Å². The fraction of sp³-hybridized carbons (Fsp3) is 0.333. The van der Waals surface area contributed by atoms with E-state index in [4.69, 9.17) is 10.8 Å². The lowest BCUT2D eigenvalue weighted by molar-refractivity contribution is 0.322. The lowest BCUT2D eigenvalue weighted by Gasteiger charge is -2.00. The fourth-order valence-corrected chi connectivity index (χ4v) is 1.57. The first-order valence-electron chi connectivity index (χ1n) is 3.86. The number of nitrogens with two attached hydrogens (primary N) is 1. The van der Waals surface area contributed by atoms with E-state index in [0.29, 0.717) is 0 Å². The summed E-state index contributed by atoms with van der Waals surface area (Å²) in [6.45, 7) is 0.250. The van der Waals surface area contributed by atoms with Crippen LogP contribution in [0.3, 0.4) is 0 Å². The molecule has 66 valence electrons. The second kappa shape index (κ2) is 5.06. The van der Waals surface area contributed by atoms with Crippen LogP contribution in [0.15, 0.2) is 24.3 Å². The molecule has 0 aliphatic heterocycles. The van der Waals surface area contributed by atoms with Crippen LogP contribution < -0.4 is 5.73 Å². The van der Waals surface area contributed by atoms with Crippen LogP contribution in [0.2, 0.25) is 0 Å². The summed E-state index contributed by atoms with van der Waals surface area (Å²) in [4.78, 5) is 0. The van der Waals surface area contributed by atoms with Gasteiger partial charge in [-0.25, -0.2) is 0 Å². The predicted molar refractivity (Wildman–Crippen MR) is 54.1 cm³/mol. The quantitative estimate of drug-likeness (QED) is 0.549. The van der Waals surface area contributed by atoms with Gasteiger partial charge < -0.3 is 10.8 Å². The molecule has 1 rings (SSSR count). The van der Waals surface area contributed by atoms with Gasteiger partial charge in [0.15, 0.2) is 0 Å². The normalized spacial score (nSPS) is 10.1. The Morgan fingerprint density at radius 3 is 2.50 bits per heavy atom. The van der Waals surface area contributed by atoms with E-state index in [9.17, 15) is 0 Å². The van der Waals surface area contributed by atoms with Crippen LogP contribution in [0.25, 0.3) is 0 Å². The SMILES string of the molecule is Nc1ccc(CSCCO)cc1. The summed E-state index contributed by atoms with van der Waals surface area (Å²) in [6, 6.07) is 7.82. The van der Waals surface area contributed by atoms with Gasteiger partial charge in [-0.3, -0.25) is 0 Å². The number of benzene rings is 1. The highest BCUT2D eigenvalue weighted by molar-refractivity contribution is 7.98. The minimum absolute atomic E-state index is 0.250. The Hall–Kier alpha value is -0.670. The molecule has 3 heteroatoms. The average molecular weight is 183 g/mol. The standard InChI is InChI=1S/C9H13NOS/c10-9-3-1-8(2-4-9)7-12-6-5-11/h1-4,11H,5-7,10H2. The van der Waals surface area contributed by atoms with Crippen molar-refractivity contribution >= 4 is 17.4 Å². The molecule has 0 saturated carbocycles. The predicted octanol–water partition coefficient (Wildman–Crippen LogP) is 1.49. The number of aliphatic hydroxyl groups excluding tert-OH is 1. The smallest absolute Gasteiger partial charge is 0.0521 e. The fourth-order valence-electron chi connectivity index (χ4n) is 0.868. The summed E-state index contributed by atoms with van der Waals surface area (Å²) in [6.07, 6.45) is 0. The summed E-state index contributed by atoms with van der Waals surface area (Å²) in [5, 5.41) is 8.55. The third-order valence-electron chi connectivity index (χ3n) is 1.48. The van der Waals surface area contributed by atoms with Gasteiger partial charge in [0.2, 0.25) is 0 Å². The van der Waals surface area contributed by atoms with Gasteiger partial charge in [-0.15, -0.1) is 0 Å². The van der Waals surface area contributed by atoms with Gasteiger partial charge in [0.05, 0.1) is 6.61 Å². The Morgan fingerprint density at radius 2 is 1.92 bits per heavy atom. The zero-order valence-electron chi connectivity index (χ0n) is 6.86. The van der Waals surface area contributed by atoms with E-state index in [0.717, 1.165) is 17.2 Å². The first-order chi connectivity index (χ1) is 5.83. The van der Waals surface area contributed by atoms with Crippen molar-refractivity contribution in [3.63, 3.8) is 0 Å². The molecule has 0 aliphatic carbocycles. The molecule has 0 aromatic heterocycles. The summed E-state index contributed by atoms with van der Waals surface area (Å²) in [7, 11) is 0. The van der Waals surface area contributed by atoms with Crippen molar-refractivity contribution in [2.75, 3.05) is 18.1 Å². The van der Waals surface area contributed by atoms with Gasteiger partial charge in [0.1, 0.15) is 0 Å². The van der Waals surface area contributed by atoms with E-state index in [-0.39, 0.29) is 6.61 Å². The number of thioether (sulfide) groups is 1. The van der Waals surface area contributed by atoms with Crippen molar-refractivity contribution in [3.05, 3.63) is 29.8 Å². The van der Waals surface area contributed by atoms with Crippen molar-refractivity contribution in [3.8, 4) is 0 Å². The number of anilines is 1. The maximum atomic E-state index is 8.55. The second-order valence-corrected chi connectivity index (χ2v) is 3.62. The minimum atomic E-state index is 0.250. The Bertz CT molecular complexity index is 222. The molecule has 0 bridgehead atoms. The Kier molecular flexibility index (Phi) is 3.97. The molecule has 0 spiro atoms. The highest BCUT2D eigenvalue weighted by Gasteiger charge is 1.92.